The summed E-state index contributed by atoms with van der Waals surface area (Å²) in [6.07, 6.45) is 5.81. The molecule has 0 atom stereocenters. The van der Waals surface area contributed by atoms with E-state index in [1.165, 1.54) is 0 Å². The van der Waals surface area contributed by atoms with Gasteiger partial charge in [0.2, 0.25) is 5.41 Å². The predicted octanol–water partition coefficient (Wildman–Crippen LogP) is 1.51. The Labute approximate surface area is 136 Å². The minimum absolute atomic E-state index is 0.161. The molecule has 1 rings (SSSR count). The SMILES string of the molecule is COC1(OC)C(CCCN)(CCCN)CCC[Si]1(OC)OC. The van der Waals surface area contributed by atoms with E-state index in [0.29, 0.717) is 13.1 Å². The number of hydrogen-bond acceptors (Lipinski definition) is 6. The largest absolute Gasteiger partial charge is 0.399 e. The third-order valence-corrected chi connectivity index (χ3v) is 9.59. The van der Waals surface area contributed by atoms with Crippen molar-refractivity contribution in [3.05, 3.63) is 0 Å². The van der Waals surface area contributed by atoms with E-state index < -0.39 is 14.0 Å². The Morgan fingerprint density at radius 1 is 0.909 bits per heavy atom. The molecule has 0 bridgehead atoms. The van der Waals surface area contributed by atoms with Gasteiger partial charge in [0.25, 0.3) is 0 Å². The van der Waals surface area contributed by atoms with Crippen LogP contribution in [0.4, 0.5) is 0 Å². The van der Waals surface area contributed by atoms with Crippen molar-refractivity contribution in [3.63, 3.8) is 0 Å². The summed E-state index contributed by atoms with van der Waals surface area (Å²) in [5.41, 5.74) is 10.6. The Morgan fingerprint density at radius 2 is 1.41 bits per heavy atom. The maximum atomic E-state index is 6.04. The fourth-order valence-electron chi connectivity index (χ4n) is 4.36. The number of rotatable bonds is 10. The van der Waals surface area contributed by atoms with Crippen LogP contribution in [0.25, 0.3) is 0 Å². The van der Waals surface area contributed by atoms with Crippen LogP contribution in [0, 0.1) is 5.41 Å². The molecule has 6 nitrogen and oxygen atoms in total. The van der Waals surface area contributed by atoms with Crippen LogP contribution < -0.4 is 11.5 Å². The van der Waals surface area contributed by atoms with Crippen LogP contribution in [0.5, 0.6) is 0 Å². The zero-order valence-corrected chi connectivity index (χ0v) is 15.7. The molecule has 0 amide bonds. The molecule has 0 unspecified atom stereocenters. The summed E-state index contributed by atoms with van der Waals surface area (Å²) in [5, 5.41) is 0. The van der Waals surface area contributed by atoms with Crippen molar-refractivity contribution in [2.24, 2.45) is 16.9 Å². The van der Waals surface area contributed by atoms with E-state index in [2.05, 4.69) is 0 Å². The van der Waals surface area contributed by atoms with Gasteiger partial charge in [-0.3, -0.25) is 0 Å². The van der Waals surface area contributed by atoms with Gasteiger partial charge in [0.05, 0.1) is 0 Å². The fraction of sp³-hybridized carbons (Fsp3) is 1.00. The van der Waals surface area contributed by atoms with Gasteiger partial charge in [0.15, 0.2) is 0 Å². The predicted molar refractivity (Wildman–Crippen MR) is 89.6 cm³/mol. The van der Waals surface area contributed by atoms with Crippen molar-refractivity contribution < 1.29 is 18.3 Å². The highest BCUT2D eigenvalue weighted by atomic mass is 28.4. The minimum atomic E-state index is -2.67. The minimum Gasteiger partial charge on any atom is -0.395 e. The average molecular weight is 335 g/mol. The van der Waals surface area contributed by atoms with E-state index in [4.69, 9.17) is 29.8 Å². The zero-order chi connectivity index (χ0) is 16.7. The van der Waals surface area contributed by atoms with Crippen LogP contribution in [0.15, 0.2) is 0 Å². The molecule has 0 radical (unpaired) electrons. The van der Waals surface area contributed by atoms with Crippen LogP contribution in [0.2, 0.25) is 6.04 Å². The quantitative estimate of drug-likeness (QED) is 0.465. The van der Waals surface area contributed by atoms with Crippen molar-refractivity contribution in [2.45, 2.75) is 50.0 Å². The van der Waals surface area contributed by atoms with E-state index in [1.807, 2.05) is 0 Å². The lowest BCUT2D eigenvalue weighted by molar-refractivity contribution is -0.256. The summed E-state index contributed by atoms with van der Waals surface area (Å²) in [6.45, 7) is 1.31. The zero-order valence-electron chi connectivity index (χ0n) is 14.7. The Balaban J connectivity index is 3.34. The van der Waals surface area contributed by atoms with Crippen LogP contribution in [0.1, 0.15) is 38.5 Å². The first-order chi connectivity index (χ1) is 10.6. The maximum absolute atomic E-state index is 6.04. The smallest absolute Gasteiger partial charge is 0.395 e. The summed E-state index contributed by atoms with van der Waals surface area (Å²) >= 11 is 0. The van der Waals surface area contributed by atoms with Crippen LogP contribution in [0.3, 0.4) is 0 Å². The second-order valence-corrected chi connectivity index (χ2v) is 9.58. The van der Waals surface area contributed by atoms with E-state index in [1.54, 1.807) is 28.4 Å². The Hall–Kier alpha value is -0.0231. The lowest BCUT2D eigenvalue weighted by Gasteiger charge is -2.58. The summed E-state index contributed by atoms with van der Waals surface area (Å²) in [4.78, 5) is 0. The van der Waals surface area contributed by atoms with Crippen molar-refractivity contribution in [1.29, 1.82) is 0 Å². The van der Waals surface area contributed by atoms with E-state index in [-0.39, 0.29) is 5.41 Å². The van der Waals surface area contributed by atoms with Gasteiger partial charge in [-0.15, -0.1) is 0 Å². The van der Waals surface area contributed by atoms with Crippen molar-refractivity contribution in [3.8, 4) is 0 Å². The van der Waals surface area contributed by atoms with E-state index in [0.717, 1.165) is 44.6 Å². The van der Waals surface area contributed by atoms with Gasteiger partial charge in [0.1, 0.15) is 0 Å². The lowest BCUT2D eigenvalue weighted by Crippen LogP contribution is -2.73. The molecule has 0 spiro atoms. The topological polar surface area (TPSA) is 89.0 Å². The molecule has 132 valence electrons. The molecule has 0 aromatic rings. The molecule has 0 saturated carbocycles. The molecule has 1 aliphatic rings. The Morgan fingerprint density at radius 3 is 1.77 bits per heavy atom. The molecule has 0 aromatic carbocycles. The summed E-state index contributed by atoms with van der Waals surface area (Å²) < 4.78 is 24.0. The molecule has 0 aliphatic carbocycles. The lowest BCUT2D eigenvalue weighted by atomic mass is 9.73. The van der Waals surface area contributed by atoms with Crippen LogP contribution >= 0.6 is 0 Å². The maximum Gasteiger partial charge on any atom is 0.399 e. The Kier molecular flexibility index (Phi) is 7.94. The average Bonchev–Trinajstić information content (AvgIpc) is 2.57. The van der Waals surface area contributed by atoms with Crippen LogP contribution in [-0.2, 0) is 18.3 Å². The second-order valence-electron chi connectivity index (χ2n) is 6.10. The highest BCUT2D eigenvalue weighted by Crippen LogP contribution is 2.56. The van der Waals surface area contributed by atoms with Crippen LogP contribution in [-0.4, -0.2) is 55.5 Å². The molecule has 4 N–H and O–H groups in total. The molecule has 22 heavy (non-hydrogen) atoms. The third-order valence-electron chi connectivity index (χ3n) is 5.31. The van der Waals surface area contributed by atoms with E-state index >= 15 is 0 Å². The van der Waals surface area contributed by atoms with Gasteiger partial charge in [-0.2, -0.15) is 0 Å². The molecular weight excluding hydrogens is 300 g/mol. The summed E-state index contributed by atoms with van der Waals surface area (Å²) in [7, 11) is 4.16. The molecule has 1 fully saturated rings. The van der Waals surface area contributed by atoms with Crippen molar-refractivity contribution in [2.75, 3.05) is 41.5 Å². The van der Waals surface area contributed by atoms with Gasteiger partial charge in [0, 0.05) is 33.9 Å². The molecule has 1 heterocycles. The molecular formula is C15H34N2O4Si. The van der Waals surface area contributed by atoms with Gasteiger partial charge >= 0.3 is 8.56 Å². The number of methoxy groups -OCH3 is 2. The number of nitrogens with two attached hydrogens (primary N) is 2. The molecule has 1 aliphatic heterocycles. The van der Waals surface area contributed by atoms with Crippen molar-refractivity contribution >= 4 is 8.56 Å². The first-order valence-corrected chi connectivity index (χ1v) is 10.2. The molecule has 7 heteroatoms. The second kappa shape index (κ2) is 8.72. The molecule has 1 saturated heterocycles. The number of hydrogen-bond donors (Lipinski definition) is 2. The van der Waals surface area contributed by atoms with Gasteiger partial charge < -0.3 is 29.8 Å². The number of ether oxygens (including phenoxy) is 2. The monoisotopic (exact) mass is 334 g/mol. The van der Waals surface area contributed by atoms with Gasteiger partial charge in [-0.25, -0.2) is 0 Å². The van der Waals surface area contributed by atoms with Gasteiger partial charge in [-0.1, -0.05) is 6.42 Å². The van der Waals surface area contributed by atoms with Crippen molar-refractivity contribution in [1.82, 2.24) is 0 Å². The first-order valence-electron chi connectivity index (χ1n) is 8.18. The van der Waals surface area contributed by atoms with Gasteiger partial charge in [-0.05, 0) is 51.2 Å². The van der Waals surface area contributed by atoms with E-state index in [9.17, 15) is 0 Å². The Bertz CT molecular complexity index is 315. The highest BCUT2D eigenvalue weighted by molar-refractivity contribution is 6.70. The standard InChI is InChI=1S/C15H34N2O4Si/c1-18-15(19-2)14(8-5-11-16,9-6-12-17)10-7-13-22(15,20-3)21-4/h5-13,16-17H2,1-4H3. The summed E-state index contributed by atoms with van der Waals surface area (Å²) in [6, 6.07) is 0.870. The summed E-state index contributed by atoms with van der Waals surface area (Å²) in [5.74, 6) is 0. The normalized spacial score (nSPS) is 22.6. The highest BCUT2D eigenvalue weighted by Gasteiger charge is 2.70. The first kappa shape index (κ1) is 20.0. The molecule has 0 aromatic heterocycles. The third kappa shape index (κ3) is 3.13. The fourth-order valence-corrected chi connectivity index (χ4v) is 8.25.